The van der Waals surface area contributed by atoms with Crippen molar-refractivity contribution in [2.75, 3.05) is 0 Å². The molecule has 0 aromatic carbocycles. The van der Waals surface area contributed by atoms with Gasteiger partial charge in [0.25, 0.3) is 0 Å². The number of aromatic nitrogens is 2. The van der Waals surface area contributed by atoms with Gasteiger partial charge in [0, 0.05) is 0 Å². The number of nitrogens with two attached hydrogens (primary N) is 1. The zero-order valence-electron chi connectivity index (χ0n) is 4.93. The third-order valence-corrected chi connectivity index (χ3v) is 1.78. The highest BCUT2D eigenvalue weighted by atomic mass is 32.2. The van der Waals surface area contributed by atoms with E-state index in [1.165, 1.54) is 12.3 Å². The van der Waals surface area contributed by atoms with E-state index in [4.69, 9.17) is 5.14 Å². The molecule has 0 amide bonds. The molecule has 0 saturated heterocycles. The second kappa shape index (κ2) is 2.31. The van der Waals surface area contributed by atoms with E-state index in [2.05, 4.69) is 10.2 Å². The second-order valence-corrected chi connectivity index (χ2v) is 3.18. The lowest BCUT2D eigenvalue weighted by Gasteiger charge is -1.92. The van der Waals surface area contributed by atoms with Crippen molar-refractivity contribution in [1.29, 1.82) is 0 Å². The normalized spacial score (nSPS) is 11.3. The number of primary sulfonamides is 1. The minimum Gasteiger partial charge on any atom is -0.225 e. The molecule has 5 nitrogen and oxygen atoms in total. The molecular formula is C4H5N3O2S. The van der Waals surface area contributed by atoms with Crippen molar-refractivity contribution in [3.05, 3.63) is 18.5 Å². The molecule has 1 heterocycles. The summed E-state index contributed by atoms with van der Waals surface area (Å²) >= 11 is 0. The molecule has 1 aromatic rings. The lowest BCUT2D eigenvalue weighted by Crippen LogP contribution is -2.12. The van der Waals surface area contributed by atoms with Gasteiger partial charge >= 0.3 is 0 Å². The molecule has 0 saturated carbocycles. The maximum atomic E-state index is 10.5. The first-order valence-corrected chi connectivity index (χ1v) is 3.95. The predicted octanol–water partition coefficient (Wildman–Crippen LogP) is -0.876. The van der Waals surface area contributed by atoms with Crippen LogP contribution in [-0.4, -0.2) is 18.6 Å². The summed E-state index contributed by atoms with van der Waals surface area (Å²) in [4.78, 5) is -0.0255. The van der Waals surface area contributed by atoms with Gasteiger partial charge in [-0.1, -0.05) is 0 Å². The Hall–Kier alpha value is -1.01. The molecule has 0 atom stereocenters. The Morgan fingerprint density at radius 2 is 2.10 bits per heavy atom. The second-order valence-electron chi connectivity index (χ2n) is 1.62. The number of hydrogen-bond acceptors (Lipinski definition) is 4. The molecule has 0 radical (unpaired) electrons. The molecule has 10 heavy (non-hydrogen) atoms. The minimum atomic E-state index is -3.61. The van der Waals surface area contributed by atoms with Gasteiger partial charge in [-0.15, -0.1) is 0 Å². The fraction of sp³-hybridized carbons (Fsp3) is 0. The average molecular weight is 159 g/mol. The summed E-state index contributed by atoms with van der Waals surface area (Å²) in [6.07, 6.45) is 2.36. The molecule has 0 aliphatic rings. The Balaban J connectivity index is 3.22. The van der Waals surface area contributed by atoms with E-state index in [1.54, 1.807) is 0 Å². The maximum Gasteiger partial charge on any atom is 0.239 e. The molecule has 0 unspecified atom stereocenters. The van der Waals surface area contributed by atoms with Crippen LogP contribution >= 0.6 is 0 Å². The van der Waals surface area contributed by atoms with Gasteiger partial charge in [-0.05, 0) is 6.07 Å². The molecule has 1 rings (SSSR count). The van der Waals surface area contributed by atoms with Crippen molar-refractivity contribution in [3.63, 3.8) is 0 Å². The largest absolute Gasteiger partial charge is 0.239 e. The lowest BCUT2D eigenvalue weighted by atomic mass is 10.6. The van der Waals surface area contributed by atoms with Gasteiger partial charge in [0.05, 0.1) is 12.4 Å². The Morgan fingerprint density at radius 1 is 1.40 bits per heavy atom. The molecule has 0 spiro atoms. The fourth-order valence-electron chi connectivity index (χ4n) is 0.447. The summed E-state index contributed by atoms with van der Waals surface area (Å²) in [6.45, 7) is 0. The standard InChI is InChI=1S/C4H5N3O2S/c5-10(8,9)4-1-2-6-7-3-4/h1-3H,(H2,5,8,9). The topological polar surface area (TPSA) is 85.9 Å². The predicted molar refractivity (Wildman–Crippen MR) is 33.4 cm³/mol. The van der Waals surface area contributed by atoms with Gasteiger partial charge in [0.1, 0.15) is 4.90 Å². The summed E-state index contributed by atoms with van der Waals surface area (Å²) in [6, 6.07) is 1.28. The molecule has 1 aromatic heterocycles. The van der Waals surface area contributed by atoms with Crippen molar-refractivity contribution < 1.29 is 8.42 Å². The number of sulfonamides is 1. The molecule has 0 fully saturated rings. The zero-order chi connectivity index (χ0) is 7.61. The van der Waals surface area contributed by atoms with Gasteiger partial charge in [-0.25, -0.2) is 13.6 Å². The lowest BCUT2D eigenvalue weighted by molar-refractivity contribution is 0.597. The zero-order valence-corrected chi connectivity index (χ0v) is 5.75. The molecule has 0 aliphatic carbocycles. The van der Waals surface area contributed by atoms with Gasteiger partial charge in [0.2, 0.25) is 10.0 Å². The van der Waals surface area contributed by atoms with Crippen LogP contribution in [0.1, 0.15) is 0 Å². The van der Waals surface area contributed by atoms with Crippen LogP contribution in [0.5, 0.6) is 0 Å². The first-order chi connectivity index (χ1) is 4.61. The number of hydrogen-bond donors (Lipinski definition) is 1. The van der Waals surface area contributed by atoms with Crippen molar-refractivity contribution in [2.24, 2.45) is 5.14 Å². The Labute approximate surface area is 57.9 Å². The van der Waals surface area contributed by atoms with E-state index in [1.807, 2.05) is 0 Å². The molecule has 6 heteroatoms. The van der Waals surface area contributed by atoms with Crippen molar-refractivity contribution in [1.82, 2.24) is 10.2 Å². The van der Waals surface area contributed by atoms with Crippen LogP contribution in [0.2, 0.25) is 0 Å². The van der Waals surface area contributed by atoms with Crippen molar-refractivity contribution >= 4 is 10.0 Å². The molecular weight excluding hydrogens is 154 g/mol. The van der Waals surface area contributed by atoms with Crippen LogP contribution in [0, 0.1) is 0 Å². The van der Waals surface area contributed by atoms with Gasteiger partial charge in [-0.2, -0.15) is 10.2 Å². The summed E-state index contributed by atoms with van der Waals surface area (Å²) in [7, 11) is -3.61. The highest BCUT2D eigenvalue weighted by Crippen LogP contribution is 1.99. The first-order valence-electron chi connectivity index (χ1n) is 2.40. The molecule has 54 valence electrons. The highest BCUT2D eigenvalue weighted by Gasteiger charge is 2.05. The summed E-state index contributed by atoms with van der Waals surface area (Å²) < 4.78 is 21.1. The van der Waals surface area contributed by atoms with Gasteiger partial charge < -0.3 is 0 Å². The fourth-order valence-corrected chi connectivity index (χ4v) is 0.891. The van der Waals surface area contributed by atoms with Crippen LogP contribution in [0.3, 0.4) is 0 Å². The van der Waals surface area contributed by atoms with Crippen LogP contribution in [-0.2, 0) is 10.0 Å². The molecule has 2 N–H and O–H groups in total. The van der Waals surface area contributed by atoms with E-state index >= 15 is 0 Å². The first kappa shape index (κ1) is 7.10. The van der Waals surface area contributed by atoms with Crippen molar-refractivity contribution in [2.45, 2.75) is 4.90 Å². The summed E-state index contributed by atoms with van der Waals surface area (Å²) in [5, 5.41) is 11.5. The quantitative estimate of drug-likeness (QED) is 0.576. The summed E-state index contributed by atoms with van der Waals surface area (Å²) in [5.41, 5.74) is 0. The highest BCUT2D eigenvalue weighted by molar-refractivity contribution is 7.89. The van der Waals surface area contributed by atoms with Crippen LogP contribution in [0.15, 0.2) is 23.4 Å². The van der Waals surface area contributed by atoms with Crippen LogP contribution < -0.4 is 5.14 Å². The maximum absolute atomic E-state index is 10.5. The van der Waals surface area contributed by atoms with Gasteiger partial charge in [-0.3, -0.25) is 0 Å². The Morgan fingerprint density at radius 3 is 2.40 bits per heavy atom. The number of nitrogens with zero attached hydrogens (tertiary/aromatic N) is 2. The summed E-state index contributed by atoms with van der Waals surface area (Å²) in [5.74, 6) is 0. The smallest absolute Gasteiger partial charge is 0.225 e. The molecule has 0 aliphatic heterocycles. The van der Waals surface area contributed by atoms with E-state index in [9.17, 15) is 8.42 Å². The van der Waals surface area contributed by atoms with Crippen molar-refractivity contribution in [3.8, 4) is 0 Å². The Kier molecular flexibility index (Phi) is 1.64. The minimum absolute atomic E-state index is 0.0255. The van der Waals surface area contributed by atoms with Crippen LogP contribution in [0.4, 0.5) is 0 Å². The van der Waals surface area contributed by atoms with E-state index in [0.29, 0.717) is 0 Å². The third-order valence-electron chi connectivity index (χ3n) is 0.886. The van der Waals surface area contributed by atoms with E-state index < -0.39 is 10.0 Å². The SMILES string of the molecule is NS(=O)(=O)c1ccnnc1. The monoisotopic (exact) mass is 159 g/mol. The average Bonchev–Trinajstić information content (AvgIpc) is 1.88. The van der Waals surface area contributed by atoms with E-state index in [-0.39, 0.29) is 4.90 Å². The van der Waals surface area contributed by atoms with E-state index in [0.717, 1.165) is 6.20 Å². The Bertz CT molecular complexity index is 307. The third kappa shape index (κ3) is 1.49. The van der Waals surface area contributed by atoms with Crippen LogP contribution in [0.25, 0.3) is 0 Å². The molecule has 0 bridgehead atoms. The van der Waals surface area contributed by atoms with Gasteiger partial charge in [0.15, 0.2) is 0 Å². The number of rotatable bonds is 1.